The highest BCUT2D eigenvalue weighted by Crippen LogP contribution is 2.18. The zero-order valence-corrected chi connectivity index (χ0v) is 23.8. The third-order valence-corrected chi connectivity index (χ3v) is 6.87. The molecule has 2 aromatic carbocycles. The first-order valence-electron chi connectivity index (χ1n) is 14.8. The molecule has 0 aliphatic heterocycles. The standard InChI is InChI=1S/C32H54N4/c1-5-9-23-35(24-10-6-2)31-17-13-29(14-18-31)27-33-21-22-34-28-30-15-19-32(20-16-30)36(25-11-7-3)26-12-8-4/h13-20,33-34H,5-12,21-28H2,1-4H3. The van der Waals surface area contributed by atoms with E-state index in [4.69, 9.17) is 0 Å². The molecule has 0 atom stereocenters. The molecule has 0 aliphatic rings. The van der Waals surface area contributed by atoms with Crippen LogP contribution < -0.4 is 20.4 Å². The first-order chi connectivity index (χ1) is 17.7. The van der Waals surface area contributed by atoms with Crippen molar-refractivity contribution in [1.29, 1.82) is 0 Å². The lowest BCUT2D eigenvalue weighted by molar-refractivity contribution is 0.611. The molecule has 0 amide bonds. The van der Waals surface area contributed by atoms with Crippen LogP contribution in [0.2, 0.25) is 0 Å². The highest BCUT2D eigenvalue weighted by molar-refractivity contribution is 5.48. The molecule has 0 aliphatic carbocycles. The summed E-state index contributed by atoms with van der Waals surface area (Å²) in [5, 5.41) is 7.17. The van der Waals surface area contributed by atoms with Gasteiger partial charge in [0.25, 0.3) is 0 Å². The van der Waals surface area contributed by atoms with Gasteiger partial charge in [-0.05, 0) is 61.1 Å². The van der Waals surface area contributed by atoms with E-state index < -0.39 is 0 Å². The Kier molecular flexibility index (Phi) is 16.0. The van der Waals surface area contributed by atoms with Crippen LogP contribution in [0.4, 0.5) is 11.4 Å². The monoisotopic (exact) mass is 494 g/mol. The Balaban J connectivity index is 1.68. The number of rotatable bonds is 21. The van der Waals surface area contributed by atoms with E-state index in [0.29, 0.717) is 0 Å². The number of anilines is 2. The van der Waals surface area contributed by atoms with E-state index in [1.807, 2.05) is 0 Å². The summed E-state index contributed by atoms with van der Waals surface area (Å²) in [5.74, 6) is 0. The predicted molar refractivity (Wildman–Crippen MR) is 160 cm³/mol. The minimum Gasteiger partial charge on any atom is -0.372 e. The molecule has 0 radical (unpaired) electrons. The molecule has 0 spiro atoms. The van der Waals surface area contributed by atoms with Crippen LogP contribution in [0.3, 0.4) is 0 Å². The number of unbranched alkanes of at least 4 members (excludes halogenated alkanes) is 4. The van der Waals surface area contributed by atoms with Crippen molar-refractivity contribution in [3.05, 3.63) is 59.7 Å². The summed E-state index contributed by atoms with van der Waals surface area (Å²) in [5.41, 5.74) is 5.45. The number of hydrogen-bond acceptors (Lipinski definition) is 4. The Morgan fingerprint density at radius 2 is 0.778 bits per heavy atom. The van der Waals surface area contributed by atoms with Crippen molar-refractivity contribution in [2.24, 2.45) is 0 Å². The molecule has 0 bridgehead atoms. The molecule has 0 fully saturated rings. The van der Waals surface area contributed by atoms with E-state index in [-0.39, 0.29) is 0 Å². The Morgan fingerprint density at radius 3 is 1.06 bits per heavy atom. The quantitative estimate of drug-likeness (QED) is 0.177. The van der Waals surface area contributed by atoms with E-state index in [1.165, 1.54) is 100 Å². The topological polar surface area (TPSA) is 30.5 Å². The molecule has 0 unspecified atom stereocenters. The summed E-state index contributed by atoms with van der Waals surface area (Å²) < 4.78 is 0. The zero-order valence-electron chi connectivity index (χ0n) is 23.8. The van der Waals surface area contributed by atoms with Crippen LogP contribution in [-0.2, 0) is 13.1 Å². The Morgan fingerprint density at radius 1 is 0.472 bits per heavy atom. The molecule has 4 heteroatoms. The highest BCUT2D eigenvalue weighted by Gasteiger charge is 2.07. The van der Waals surface area contributed by atoms with Gasteiger partial charge in [0.15, 0.2) is 0 Å². The Hall–Kier alpha value is -2.04. The zero-order chi connectivity index (χ0) is 25.8. The fourth-order valence-corrected chi connectivity index (χ4v) is 4.43. The number of nitrogens with zero attached hydrogens (tertiary/aromatic N) is 2. The third-order valence-electron chi connectivity index (χ3n) is 6.87. The molecule has 2 rings (SSSR count). The van der Waals surface area contributed by atoms with Crippen LogP contribution in [-0.4, -0.2) is 39.3 Å². The highest BCUT2D eigenvalue weighted by atomic mass is 15.1. The van der Waals surface area contributed by atoms with Gasteiger partial charge in [-0.2, -0.15) is 0 Å². The Labute approximate surface area is 222 Å². The molecule has 0 aromatic heterocycles. The molecule has 4 nitrogen and oxygen atoms in total. The second-order valence-corrected chi connectivity index (χ2v) is 10.1. The van der Waals surface area contributed by atoms with Crippen molar-refractivity contribution in [3.8, 4) is 0 Å². The molecular weight excluding hydrogens is 440 g/mol. The van der Waals surface area contributed by atoms with E-state index >= 15 is 0 Å². The van der Waals surface area contributed by atoms with Gasteiger partial charge in [-0.15, -0.1) is 0 Å². The molecule has 36 heavy (non-hydrogen) atoms. The lowest BCUT2D eigenvalue weighted by Gasteiger charge is -2.25. The fraction of sp³-hybridized carbons (Fsp3) is 0.625. The van der Waals surface area contributed by atoms with Gasteiger partial charge in [0, 0.05) is 63.7 Å². The predicted octanol–water partition coefficient (Wildman–Crippen LogP) is 7.38. The smallest absolute Gasteiger partial charge is 0.0366 e. The summed E-state index contributed by atoms with van der Waals surface area (Å²) >= 11 is 0. The summed E-state index contributed by atoms with van der Waals surface area (Å²) in [6, 6.07) is 18.3. The van der Waals surface area contributed by atoms with Crippen LogP contribution in [0.25, 0.3) is 0 Å². The van der Waals surface area contributed by atoms with Crippen molar-refractivity contribution < 1.29 is 0 Å². The van der Waals surface area contributed by atoms with E-state index in [9.17, 15) is 0 Å². The molecule has 0 saturated carbocycles. The summed E-state index contributed by atoms with van der Waals surface area (Å²) in [6.07, 6.45) is 10.1. The molecule has 2 N–H and O–H groups in total. The first-order valence-corrected chi connectivity index (χ1v) is 14.8. The summed E-state index contributed by atoms with van der Waals surface area (Å²) in [4.78, 5) is 5.10. The van der Waals surface area contributed by atoms with Crippen molar-refractivity contribution in [1.82, 2.24) is 10.6 Å². The van der Waals surface area contributed by atoms with Crippen LogP contribution in [0.15, 0.2) is 48.5 Å². The molecule has 202 valence electrons. The molecule has 2 aromatic rings. The average Bonchev–Trinajstić information content (AvgIpc) is 2.92. The maximum atomic E-state index is 3.59. The van der Waals surface area contributed by atoms with Crippen LogP contribution in [0.5, 0.6) is 0 Å². The second-order valence-electron chi connectivity index (χ2n) is 10.1. The van der Waals surface area contributed by atoms with Gasteiger partial charge in [0.2, 0.25) is 0 Å². The maximum absolute atomic E-state index is 3.59. The number of nitrogens with one attached hydrogen (secondary N) is 2. The first kappa shape index (κ1) is 30.2. The van der Waals surface area contributed by atoms with Gasteiger partial charge in [-0.25, -0.2) is 0 Å². The lowest BCUT2D eigenvalue weighted by Crippen LogP contribution is -2.27. The minimum absolute atomic E-state index is 0.923. The molecular formula is C32H54N4. The van der Waals surface area contributed by atoms with Gasteiger partial charge >= 0.3 is 0 Å². The normalized spacial score (nSPS) is 11.1. The van der Waals surface area contributed by atoms with E-state index in [2.05, 4.69) is 96.7 Å². The second kappa shape index (κ2) is 19.1. The average molecular weight is 495 g/mol. The van der Waals surface area contributed by atoms with Crippen molar-refractivity contribution in [3.63, 3.8) is 0 Å². The minimum atomic E-state index is 0.923. The van der Waals surface area contributed by atoms with Gasteiger partial charge in [-0.1, -0.05) is 77.6 Å². The largest absolute Gasteiger partial charge is 0.372 e. The van der Waals surface area contributed by atoms with Crippen LogP contribution >= 0.6 is 0 Å². The van der Waals surface area contributed by atoms with Gasteiger partial charge < -0.3 is 20.4 Å². The molecule has 0 heterocycles. The van der Waals surface area contributed by atoms with Gasteiger partial charge in [0.05, 0.1) is 0 Å². The van der Waals surface area contributed by atoms with Gasteiger partial charge in [-0.3, -0.25) is 0 Å². The van der Waals surface area contributed by atoms with Crippen molar-refractivity contribution in [2.45, 2.75) is 92.2 Å². The van der Waals surface area contributed by atoms with E-state index in [1.54, 1.807) is 0 Å². The van der Waals surface area contributed by atoms with Gasteiger partial charge in [0.1, 0.15) is 0 Å². The number of benzene rings is 2. The Bertz CT molecular complexity index is 688. The van der Waals surface area contributed by atoms with Crippen LogP contribution in [0.1, 0.15) is 90.2 Å². The van der Waals surface area contributed by atoms with Crippen molar-refractivity contribution in [2.75, 3.05) is 49.1 Å². The fourth-order valence-electron chi connectivity index (χ4n) is 4.43. The van der Waals surface area contributed by atoms with E-state index in [0.717, 1.165) is 26.2 Å². The number of hydrogen-bond donors (Lipinski definition) is 2. The summed E-state index contributed by atoms with van der Waals surface area (Å²) in [7, 11) is 0. The third kappa shape index (κ3) is 11.8. The summed E-state index contributed by atoms with van der Waals surface area (Å²) in [6.45, 7) is 17.5. The maximum Gasteiger partial charge on any atom is 0.0366 e. The molecule has 0 saturated heterocycles. The van der Waals surface area contributed by atoms with Crippen molar-refractivity contribution >= 4 is 11.4 Å². The SMILES string of the molecule is CCCCN(CCCC)c1ccc(CNCCNCc2ccc(N(CCCC)CCCC)cc2)cc1. The lowest BCUT2D eigenvalue weighted by atomic mass is 10.1. The van der Waals surface area contributed by atoms with Crippen LogP contribution in [0, 0.1) is 0 Å².